The molecular formula is C15H19Cl2N3. The maximum absolute atomic E-state index is 6.41. The predicted molar refractivity (Wildman–Crippen MR) is 88.5 cm³/mol. The Morgan fingerprint density at radius 3 is 2.75 bits per heavy atom. The Kier molecular flexibility index (Phi) is 5.08. The Morgan fingerprint density at radius 2 is 2.05 bits per heavy atom. The minimum Gasteiger partial charge on any atom is -0.367 e. The molecule has 0 spiro atoms. The number of hydrogen-bond donors (Lipinski definition) is 1. The molecular weight excluding hydrogens is 293 g/mol. The molecule has 3 rings (SSSR count). The first-order valence-electron chi connectivity index (χ1n) is 6.83. The van der Waals surface area contributed by atoms with E-state index in [2.05, 4.69) is 40.3 Å². The normalized spacial score (nSPS) is 15.2. The predicted octanol–water partition coefficient (Wildman–Crippen LogP) is 3.28. The van der Waals surface area contributed by atoms with E-state index in [1.165, 1.54) is 10.9 Å². The van der Waals surface area contributed by atoms with E-state index in [0.29, 0.717) is 0 Å². The minimum absolute atomic E-state index is 0. The Morgan fingerprint density at radius 1 is 1.30 bits per heavy atom. The molecule has 2 aromatic rings. The van der Waals surface area contributed by atoms with Gasteiger partial charge in [0.2, 0.25) is 0 Å². The van der Waals surface area contributed by atoms with Crippen LogP contribution in [0.5, 0.6) is 0 Å². The second-order valence-corrected chi connectivity index (χ2v) is 5.27. The van der Waals surface area contributed by atoms with Crippen LogP contribution in [0.2, 0.25) is 5.02 Å². The summed E-state index contributed by atoms with van der Waals surface area (Å²) >= 11 is 6.41. The summed E-state index contributed by atoms with van der Waals surface area (Å²) in [5.41, 5.74) is 3.51. The SMILES string of the molecule is CCc1cccc2c(N3CCNCC3)c(Cl)cnc12.Cl. The van der Waals surface area contributed by atoms with Crippen LogP contribution >= 0.6 is 24.0 Å². The summed E-state index contributed by atoms with van der Waals surface area (Å²) in [7, 11) is 0. The molecule has 1 aliphatic rings. The van der Waals surface area contributed by atoms with Crippen LogP contribution in [0, 0.1) is 0 Å². The molecule has 1 aromatic heterocycles. The molecule has 0 atom stereocenters. The molecule has 5 heteroatoms. The monoisotopic (exact) mass is 311 g/mol. The number of aromatic nitrogens is 1. The van der Waals surface area contributed by atoms with Gasteiger partial charge in [-0.3, -0.25) is 4.98 Å². The highest BCUT2D eigenvalue weighted by Crippen LogP contribution is 2.34. The molecule has 1 aromatic carbocycles. The van der Waals surface area contributed by atoms with Gasteiger partial charge in [-0.2, -0.15) is 0 Å². The minimum atomic E-state index is 0. The van der Waals surface area contributed by atoms with Crippen LogP contribution in [-0.2, 0) is 6.42 Å². The maximum Gasteiger partial charge on any atom is 0.0829 e. The van der Waals surface area contributed by atoms with E-state index in [9.17, 15) is 0 Å². The summed E-state index contributed by atoms with van der Waals surface area (Å²) in [4.78, 5) is 6.90. The van der Waals surface area contributed by atoms with Gasteiger partial charge in [-0.1, -0.05) is 36.7 Å². The third-order valence-electron chi connectivity index (χ3n) is 3.72. The molecule has 0 unspecified atom stereocenters. The molecule has 3 nitrogen and oxygen atoms in total. The van der Waals surface area contributed by atoms with E-state index >= 15 is 0 Å². The number of para-hydroxylation sites is 1. The van der Waals surface area contributed by atoms with Gasteiger partial charge >= 0.3 is 0 Å². The van der Waals surface area contributed by atoms with Gasteiger partial charge in [-0.15, -0.1) is 12.4 Å². The number of aryl methyl sites for hydroxylation is 1. The summed E-state index contributed by atoms with van der Waals surface area (Å²) in [6, 6.07) is 6.38. The summed E-state index contributed by atoms with van der Waals surface area (Å²) in [6.07, 6.45) is 2.79. The molecule has 20 heavy (non-hydrogen) atoms. The van der Waals surface area contributed by atoms with Crippen molar-refractivity contribution in [3.05, 3.63) is 35.0 Å². The van der Waals surface area contributed by atoms with Crippen molar-refractivity contribution in [3.63, 3.8) is 0 Å². The van der Waals surface area contributed by atoms with Crippen molar-refractivity contribution >= 4 is 40.6 Å². The van der Waals surface area contributed by atoms with E-state index in [1.54, 1.807) is 6.20 Å². The second-order valence-electron chi connectivity index (χ2n) is 4.86. The number of benzene rings is 1. The number of rotatable bonds is 2. The highest BCUT2D eigenvalue weighted by atomic mass is 35.5. The number of nitrogens with one attached hydrogen (secondary N) is 1. The lowest BCUT2D eigenvalue weighted by Gasteiger charge is -2.31. The Labute approximate surface area is 130 Å². The number of piperazine rings is 1. The van der Waals surface area contributed by atoms with Crippen molar-refractivity contribution in [2.24, 2.45) is 0 Å². The lowest BCUT2D eigenvalue weighted by Crippen LogP contribution is -2.43. The number of fused-ring (bicyclic) bond motifs is 1. The molecule has 0 radical (unpaired) electrons. The zero-order valence-corrected chi connectivity index (χ0v) is 13.1. The van der Waals surface area contributed by atoms with Gasteiger partial charge in [0.05, 0.1) is 16.2 Å². The van der Waals surface area contributed by atoms with E-state index in [-0.39, 0.29) is 12.4 Å². The summed E-state index contributed by atoms with van der Waals surface area (Å²) in [6.45, 7) is 6.17. The topological polar surface area (TPSA) is 28.2 Å². The van der Waals surface area contributed by atoms with E-state index in [1.807, 2.05) is 0 Å². The number of anilines is 1. The third-order valence-corrected chi connectivity index (χ3v) is 4.00. The van der Waals surface area contributed by atoms with E-state index in [0.717, 1.165) is 48.8 Å². The van der Waals surface area contributed by atoms with Crippen molar-refractivity contribution in [2.45, 2.75) is 13.3 Å². The zero-order valence-electron chi connectivity index (χ0n) is 11.5. The smallest absolute Gasteiger partial charge is 0.0829 e. The number of hydrogen-bond acceptors (Lipinski definition) is 3. The van der Waals surface area contributed by atoms with Crippen LogP contribution in [0.4, 0.5) is 5.69 Å². The molecule has 0 saturated carbocycles. The molecule has 0 amide bonds. The van der Waals surface area contributed by atoms with Gasteiger partial charge in [-0.25, -0.2) is 0 Å². The van der Waals surface area contributed by atoms with Crippen molar-refractivity contribution in [2.75, 3.05) is 31.1 Å². The largest absolute Gasteiger partial charge is 0.367 e. The Bertz CT molecular complexity index is 595. The maximum atomic E-state index is 6.41. The van der Waals surface area contributed by atoms with Gasteiger partial charge in [0.15, 0.2) is 0 Å². The summed E-state index contributed by atoms with van der Waals surface area (Å²) < 4.78 is 0. The fourth-order valence-electron chi connectivity index (χ4n) is 2.74. The Hall–Kier alpha value is -1.03. The van der Waals surface area contributed by atoms with Crippen LogP contribution in [0.25, 0.3) is 10.9 Å². The zero-order chi connectivity index (χ0) is 13.2. The molecule has 1 aliphatic heterocycles. The average molecular weight is 312 g/mol. The van der Waals surface area contributed by atoms with E-state index < -0.39 is 0 Å². The van der Waals surface area contributed by atoms with Gasteiger partial charge in [0, 0.05) is 37.8 Å². The lowest BCUT2D eigenvalue weighted by atomic mass is 10.1. The molecule has 1 fully saturated rings. The number of nitrogens with zero attached hydrogens (tertiary/aromatic N) is 2. The molecule has 0 aliphatic carbocycles. The van der Waals surface area contributed by atoms with Crippen molar-refractivity contribution in [1.29, 1.82) is 0 Å². The van der Waals surface area contributed by atoms with E-state index in [4.69, 9.17) is 11.6 Å². The second kappa shape index (κ2) is 6.61. The van der Waals surface area contributed by atoms with Crippen LogP contribution in [0.15, 0.2) is 24.4 Å². The van der Waals surface area contributed by atoms with Crippen molar-refractivity contribution in [1.82, 2.24) is 10.3 Å². The molecule has 1 saturated heterocycles. The van der Waals surface area contributed by atoms with Crippen molar-refractivity contribution < 1.29 is 0 Å². The first-order valence-corrected chi connectivity index (χ1v) is 7.21. The standard InChI is InChI=1S/C15H18ClN3.ClH/c1-2-11-4-3-5-12-14(11)18-10-13(16)15(12)19-8-6-17-7-9-19;/h3-5,10,17H,2,6-9H2,1H3;1H. The van der Waals surface area contributed by atoms with Gasteiger partial charge in [-0.05, 0) is 12.0 Å². The van der Waals surface area contributed by atoms with Crippen LogP contribution in [0.1, 0.15) is 12.5 Å². The molecule has 0 bridgehead atoms. The van der Waals surface area contributed by atoms with Crippen LogP contribution < -0.4 is 10.2 Å². The highest BCUT2D eigenvalue weighted by molar-refractivity contribution is 6.34. The molecule has 2 heterocycles. The first-order chi connectivity index (χ1) is 9.31. The fraction of sp³-hybridized carbons (Fsp3) is 0.400. The third kappa shape index (κ3) is 2.71. The lowest BCUT2D eigenvalue weighted by molar-refractivity contribution is 0.590. The van der Waals surface area contributed by atoms with Crippen LogP contribution in [0.3, 0.4) is 0 Å². The number of pyridine rings is 1. The summed E-state index contributed by atoms with van der Waals surface area (Å²) in [5.74, 6) is 0. The molecule has 108 valence electrons. The first kappa shape index (κ1) is 15.4. The highest BCUT2D eigenvalue weighted by Gasteiger charge is 2.17. The fourth-order valence-corrected chi connectivity index (χ4v) is 3.01. The Balaban J connectivity index is 0.00000147. The van der Waals surface area contributed by atoms with Gasteiger partial charge < -0.3 is 10.2 Å². The number of halogens is 2. The quantitative estimate of drug-likeness (QED) is 0.922. The van der Waals surface area contributed by atoms with Crippen molar-refractivity contribution in [3.8, 4) is 0 Å². The average Bonchev–Trinajstić information content (AvgIpc) is 2.47. The van der Waals surface area contributed by atoms with Gasteiger partial charge in [0.1, 0.15) is 0 Å². The molecule has 1 N–H and O–H groups in total. The van der Waals surface area contributed by atoms with Gasteiger partial charge in [0.25, 0.3) is 0 Å². The summed E-state index contributed by atoms with van der Waals surface area (Å²) in [5, 5.41) is 5.30. The van der Waals surface area contributed by atoms with Crippen LogP contribution in [-0.4, -0.2) is 31.2 Å².